The van der Waals surface area contributed by atoms with Gasteiger partial charge in [0.25, 0.3) is 5.91 Å². The number of anilines is 1. The second-order valence-electron chi connectivity index (χ2n) is 3.51. The number of nitrogens with one attached hydrogen (secondary N) is 1. The first-order valence-corrected chi connectivity index (χ1v) is 5.09. The summed E-state index contributed by atoms with van der Waals surface area (Å²) in [6, 6.07) is 4.66. The van der Waals surface area contributed by atoms with Crippen LogP contribution in [0.5, 0.6) is 5.75 Å². The van der Waals surface area contributed by atoms with Crippen LogP contribution in [0.25, 0.3) is 0 Å². The van der Waals surface area contributed by atoms with Crippen LogP contribution in [0.2, 0.25) is 0 Å². The molecule has 0 fully saturated rings. The Labute approximate surface area is 99.0 Å². The standard InChI is InChI=1S/C11H16N2O4/c1-17-10-4-7(12)2-3-9(10)11(16)13-5-8(15)6-14/h2-4,8,14-15H,5-6,12H2,1H3,(H,13,16). The molecule has 0 aliphatic heterocycles. The first-order chi connectivity index (χ1) is 8.08. The molecule has 0 aliphatic rings. The smallest absolute Gasteiger partial charge is 0.255 e. The minimum atomic E-state index is -0.973. The Balaban J connectivity index is 2.75. The maximum Gasteiger partial charge on any atom is 0.255 e. The molecular weight excluding hydrogens is 224 g/mol. The fourth-order valence-electron chi connectivity index (χ4n) is 1.27. The van der Waals surface area contributed by atoms with Gasteiger partial charge in [-0.1, -0.05) is 0 Å². The third-order valence-electron chi connectivity index (χ3n) is 2.18. The van der Waals surface area contributed by atoms with Crippen molar-refractivity contribution in [1.29, 1.82) is 0 Å². The fourth-order valence-corrected chi connectivity index (χ4v) is 1.27. The first-order valence-electron chi connectivity index (χ1n) is 5.09. The van der Waals surface area contributed by atoms with Crippen molar-refractivity contribution in [2.45, 2.75) is 6.10 Å². The lowest BCUT2D eigenvalue weighted by Crippen LogP contribution is -2.34. The summed E-state index contributed by atoms with van der Waals surface area (Å²) in [5.41, 5.74) is 6.38. The maximum absolute atomic E-state index is 11.7. The molecule has 5 N–H and O–H groups in total. The number of carbonyl (C=O) groups excluding carboxylic acids is 1. The van der Waals surface area contributed by atoms with E-state index < -0.39 is 18.6 Å². The van der Waals surface area contributed by atoms with Crippen molar-refractivity contribution >= 4 is 11.6 Å². The van der Waals surface area contributed by atoms with Gasteiger partial charge in [-0.3, -0.25) is 4.79 Å². The second kappa shape index (κ2) is 6.07. The van der Waals surface area contributed by atoms with E-state index in [1.807, 2.05) is 0 Å². The summed E-state index contributed by atoms with van der Waals surface area (Å²) in [7, 11) is 1.44. The molecule has 1 aromatic carbocycles. The summed E-state index contributed by atoms with van der Waals surface area (Å²) >= 11 is 0. The molecule has 0 heterocycles. The SMILES string of the molecule is COc1cc(N)ccc1C(=O)NCC(O)CO. The molecule has 1 amide bonds. The lowest BCUT2D eigenvalue weighted by atomic mass is 10.1. The van der Waals surface area contributed by atoms with Crippen molar-refractivity contribution in [3.63, 3.8) is 0 Å². The molecule has 0 spiro atoms. The van der Waals surface area contributed by atoms with Gasteiger partial charge in [0, 0.05) is 18.3 Å². The van der Waals surface area contributed by atoms with Crippen LogP contribution >= 0.6 is 0 Å². The zero-order valence-corrected chi connectivity index (χ0v) is 9.51. The van der Waals surface area contributed by atoms with Gasteiger partial charge in [-0.15, -0.1) is 0 Å². The van der Waals surface area contributed by atoms with E-state index in [1.54, 1.807) is 6.07 Å². The number of hydrogen-bond acceptors (Lipinski definition) is 5. The van der Waals surface area contributed by atoms with Crippen molar-refractivity contribution in [3.05, 3.63) is 23.8 Å². The molecular formula is C11H16N2O4. The Morgan fingerprint density at radius 3 is 2.88 bits per heavy atom. The van der Waals surface area contributed by atoms with Gasteiger partial charge >= 0.3 is 0 Å². The number of hydrogen-bond donors (Lipinski definition) is 4. The molecule has 1 rings (SSSR count). The number of ether oxygens (including phenoxy) is 1. The number of benzene rings is 1. The summed E-state index contributed by atoms with van der Waals surface area (Å²) in [6.45, 7) is -0.429. The zero-order chi connectivity index (χ0) is 12.8. The van der Waals surface area contributed by atoms with E-state index in [2.05, 4.69) is 5.32 Å². The van der Waals surface area contributed by atoms with E-state index in [0.29, 0.717) is 17.0 Å². The Morgan fingerprint density at radius 1 is 1.59 bits per heavy atom. The van der Waals surface area contributed by atoms with E-state index >= 15 is 0 Å². The number of aliphatic hydroxyl groups is 2. The number of nitrogen functional groups attached to an aromatic ring is 1. The van der Waals surface area contributed by atoms with Crippen LogP contribution in [0, 0.1) is 0 Å². The van der Waals surface area contributed by atoms with E-state index in [-0.39, 0.29) is 6.54 Å². The van der Waals surface area contributed by atoms with Crippen LogP contribution in [0.15, 0.2) is 18.2 Å². The van der Waals surface area contributed by atoms with Gasteiger partial charge in [-0.2, -0.15) is 0 Å². The maximum atomic E-state index is 11.7. The predicted molar refractivity (Wildman–Crippen MR) is 62.8 cm³/mol. The summed E-state index contributed by atoms with van der Waals surface area (Å²) < 4.78 is 5.03. The van der Waals surface area contributed by atoms with Gasteiger partial charge in [0.1, 0.15) is 5.75 Å². The van der Waals surface area contributed by atoms with Crippen LogP contribution in [0.1, 0.15) is 10.4 Å². The Hall–Kier alpha value is -1.79. The highest BCUT2D eigenvalue weighted by Gasteiger charge is 2.13. The predicted octanol–water partition coefficient (Wildman–Crippen LogP) is -0.640. The summed E-state index contributed by atoms with van der Waals surface area (Å²) in [6.07, 6.45) is -0.973. The van der Waals surface area contributed by atoms with Gasteiger partial charge < -0.3 is 26.0 Å². The Kier molecular flexibility index (Phi) is 4.74. The number of amides is 1. The van der Waals surface area contributed by atoms with Crippen molar-refractivity contribution in [2.24, 2.45) is 0 Å². The van der Waals surface area contributed by atoms with Gasteiger partial charge in [0.05, 0.1) is 25.4 Å². The number of carbonyl (C=O) groups is 1. The molecule has 6 nitrogen and oxygen atoms in total. The highest BCUT2D eigenvalue weighted by molar-refractivity contribution is 5.97. The fraction of sp³-hybridized carbons (Fsp3) is 0.364. The van der Waals surface area contributed by atoms with Crippen molar-refractivity contribution < 1.29 is 19.7 Å². The molecule has 0 bridgehead atoms. The molecule has 0 aromatic heterocycles. The van der Waals surface area contributed by atoms with Crippen LogP contribution < -0.4 is 15.8 Å². The monoisotopic (exact) mass is 240 g/mol. The van der Waals surface area contributed by atoms with Gasteiger partial charge in [-0.25, -0.2) is 0 Å². The minimum Gasteiger partial charge on any atom is -0.496 e. The molecule has 94 valence electrons. The minimum absolute atomic E-state index is 0.0249. The number of rotatable bonds is 5. The van der Waals surface area contributed by atoms with Crippen LogP contribution in [-0.4, -0.2) is 42.5 Å². The van der Waals surface area contributed by atoms with E-state index in [9.17, 15) is 4.79 Å². The lowest BCUT2D eigenvalue weighted by molar-refractivity contribution is 0.0800. The summed E-state index contributed by atoms with van der Waals surface area (Å²) in [4.78, 5) is 11.7. The summed E-state index contributed by atoms with van der Waals surface area (Å²) in [5.74, 6) is -0.0321. The zero-order valence-electron chi connectivity index (χ0n) is 9.51. The van der Waals surface area contributed by atoms with Gasteiger partial charge in [0.2, 0.25) is 0 Å². The van der Waals surface area contributed by atoms with Crippen LogP contribution in [0.3, 0.4) is 0 Å². The third-order valence-corrected chi connectivity index (χ3v) is 2.18. The molecule has 0 saturated carbocycles. The van der Waals surface area contributed by atoms with Crippen LogP contribution in [0.4, 0.5) is 5.69 Å². The highest BCUT2D eigenvalue weighted by Crippen LogP contribution is 2.21. The van der Waals surface area contributed by atoms with E-state index in [4.69, 9.17) is 20.7 Å². The topological polar surface area (TPSA) is 105 Å². The largest absolute Gasteiger partial charge is 0.496 e. The Bertz CT molecular complexity index is 395. The van der Waals surface area contributed by atoms with Gasteiger partial charge in [-0.05, 0) is 12.1 Å². The first kappa shape index (κ1) is 13.3. The molecule has 1 aromatic rings. The summed E-state index contributed by atoms with van der Waals surface area (Å²) in [5, 5.41) is 20.2. The van der Waals surface area contributed by atoms with Gasteiger partial charge in [0.15, 0.2) is 0 Å². The van der Waals surface area contributed by atoms with Crippen LogP contribution in [-0.2, 0) is 0 Å². The number of methoxy groups -OCH3 is 1. The third kappa shape index (κ3) is 3.61. The molecule has 6 heteroatoms. The molecule has 1 unspecified atom stereocenters. The van der Waals surface area contributed by atoms with Crippen molar-refractivity contribution in [3.8, 4) is 5.75 Å². The number of nitrogens with two attached hydrogens (primary N) is 1. The lowest BCUT2D eigenvalue weighted by Gasteiger charge is -2.11. The highest BCUT2D eigenvalue weighted by atomic mass is 16.5. The average molecular weight is 240 g/mol. The second-order valence-corrected chi connectivity index (χ2v) is 3.51. The number of aliphatic hydroxyl groups excluding tert-OH is 2. The molecule has 0 saturated heterocycles. The quantitative estimate of drug-likeness (QED) is 0.512. The average Bonchev–Trinajstić information content (AvgIpc) is 2.35. The molecule has 0 aliphatic carbocycles. The molecule has 1 atom stereocenters. The molecule has 17 heavy (non-hydrogen) atoms. The molecule has 0 radical (unpaired) electrons. The van der Waals surface area contributed by atoms with Crippen molar-refractivity contribution in [1.82, 2.24) is 5.32 Å². The Morgan fingerprint density at radius 2 is 2.29 bits per heavy atom. The normalized spacial score (nSPS) is 11.9. The van der Waals surface area contributed by atoms with Crippen molar-refractivity contribution in [2.75, 3.05) is 26.0 Å². The van der Waals surface area contributed by atoms with E-state index in [1.165, 1.54) is 19.2 Å². The van der Waals surface area contributed by atoms with E-state index in [0.717, 1.165) is 0 Å².